The van der Waals surface area contributed by atoms with Crippen LogP contribution in [0, 0.1) is 10.1 Å². The van der Waals surface area contributed by atoms with Gasteiger partial charge in [0.05, 0.1) is 16.2 Å². The summed E-state index contributed by atoms with van der Waals surface area (Å²) in [7, 11) is 3.46. The van der Waals surface area contributed by atoms with Crippen LogP contribution >= 0.6 is 0 Å². The van der Waals surface area contributed by atoms with Crippen LogP contribution in [-0.2, 0) is 9.63 Å². The number of oxime groups is 1. The number of carbonyl (C=O) groups excluding carboxylic acids is 1. The summed E-state index contributed by atoms with van der Waals surface area (Å²) < 4.78 is 0. The summed E-state index contributed by atoms with van der Waals surface area (Å²) in [6.45, 7) is 1.64. The molecule has 1 aromatic carbocycles. The lowest BCUT2D eigenvalue weighted by Gasteiger charge is -2.12. The molecule has 0 N–H and O–H groups in total. The third kappa shape index (κ3) is 2.51. The first-order valence-electron chi connectivity index (χ1n) is 5.84. The van der Waals surface area contributed by atoms with Crippen molar-refractivity contribution in [2.45, 2.75) is 6.92 Å². The quantitative estimate of drug-likeness (QED) is 0.364. The van der Waals surface area contributed by atoms with Crippen LogP contribution in [0.15, 0.2) is 28.9 Å². The molecule has 0 amide bonds. The molecule has 0 bridgehead atoms. The number of nitro groups is 1. The van der Waals surface area contributed by atoms with E-state index in [0.717, 1.165) is 0 Å². The van der Waals surface area contributed by atoms with Crippen molar-refractivity contribution < 1.29 is 14.6 Å². The van der Waals surface area contributed by atoms with Gasteiger partial charge in [-0.05, 0) is 24.6 Å². The highest BCUT2D eigenvalue weighted by Crippen LogP contribution is 2.29. The largest absolute Gasteiger partial charge is 0.372 e. The van der Waals surface area contributed by atoms with Gasteiger partial charge in [-0.25, -0.2) is 4.79 Å². The molecular formula is C13H13N3O4. The van der Waals surface area contributed by atoms with Gasteiger partial charge in [0.25, 0.3) is 5.69 Å². The second kappa shape index (κ2) is 5.12. The molecule has 1 aliphatic heterocycles. The van der Waals surface area contributed by atoms with E-state index in [2.05, 4.69) is 9.99 Å². The van der Waals surface area contributed by atoms with E-state index in [9.17, 15) is 14.9 Å². The Hall–Kier alpha value is -2.70. The number of nitro benzene ring substituents is 1. The predicted octanol–water partition coefficient (Wildman–Crippen LogP) is 1.98. The first-order chi connectivity index (χ1) is 9.40. The van der Waals surface area contributed by atoms with Crippen LogP contribution in [0.5, 0.6) is 0 Å². The number of nitrogens with zero attached hydrogens (tertiary/aromatic N) is 3. The van der Waals surface area contributed by atoms with E-state index in [1.54, 1.807) is 38.1 Å². The van der Waals surface area contributed by atoms with Gasteiger partial charge in [-0.15, -0.1) is 0 Å². The molecule has 0 spiro atoms. The van der Waals surface area contributed by atoms with Crippen molar-refractivity contribution in [3.63, 3.8) is 0 Å². The summed E-state index contributed by atoms with van der Waals surface area (Å²) >= 11 is 0. The van der Waals surface area contributed by atoms with Gasteiger partial charge in [-0.1, -0.05) is 11.2 Å². The molecule has 0 unspecified atom stereocenters. The summed E-state index contributed by atoms with van der Waals surface area (Å²) in [5, 5.41) is 14.6. The van der Waals surface area contributed by atoms with Gasteiger partial charge in [0, 0.05) is 20.2 Å². The monoisotopic (exact) mass is 275 g/mol. The minimum absolute atomic E-state index is 0.0229. The minimum atomic E-state index is -0.554. The SMILES string of the molecule is CC1=NOC(=O)/C1=C\c1ccc(N(C)C)c([N+](=O)[O-])c1. The first kappa shape index (κ1) is 13.7. The van der Waals surface area contributed by atoms with E-state index in [4.69, 9.17) is 0 Å². The second-order valence-corrected chi connectivity index (χ2v) is 4.51. The van der Waals surface area contributed by atoms with E-state index in [1.165, 1.54) is 12.1 Å². The van der Waals surface area contributed by atoms with Crippen molar-refractivity contribution in [3.8, 4) is 0 Å². The van der Waals surface area contributed by atoms with Crippen molar-refractivity contribution in [1.82, 2.24) is 0 Å². The molecule has 1 heterocycles. The zero-order valence-electron chi connectivity index (χ0n) is 11.3. The van der Waals surface area contributed by atoms with Gasteiger partial charge in [0.2, 0.25) is 0 Å². The number of anilines is 1. The lowest BCUT2D eigenvalue weighted by Crippen LogP contribution is -2.11. The molecule has 104 valence electrons. The normalized spacial score (nSPS) is 16.1. The van der Waals surface area contributed by atoms with E-state index in [0.29, 0.717) is 22.5 Å². The molecule has 7 nitrogen and oxygen atoms in total. The first-order valence-corrected chi connectivity index (χ1v) is 5.84. The van der Waals surface area contributed by atoms with Crippen LogP contribution in [-0.4, -0.2) is 30.7 Å². The van der Waals surface area contributed by atoms with Crippen molar-refractivity contribution in [1.29, 1.82) is 0 Å². The van der Waals surface area contributed by atoms with Crippen LogP contribution in [0.4, 0.5) is 11.4 Å². The zero-order chi connectivity index (χ0) is 14.9. The Bertz CT molecular complexity index is 647. The fourth-order valence-corrected chi connectivity index (χ4v) is 1.84. The average Bonchev–Trinajstić information content (AvgIpc) is 2.70. The van der Waals surface area contributed by atoms with Crippen LogP contribution in [0.2, 0.25) is 0 Å². The summed E-state index contributed by atoms with van der Waals surface area (Å²) in [4.78, 5) is 28.3. The van der Waals surface area contributed by atoms with Gasteiger partial charge >= 0.3 is 5.97 Å². The zero-order valence-corrected chi connectivity index (χ0v) is 11.3. The van der Waals surface area contributed by atoms with Crippen LogP contribution in [0.1, 0.15) is 12.5 Å². The Morgan fingerprint density at radius 1 is 1.40 bits per heavy atom. The number of hydrogen-bond acceptors (Lipinski definition) is 6. The Morgan fingerprint density at radius 3 is 2.60 bits per heavy atom. The highest BCUT2D eigenvalue weighted by Gasteiger charge is 2.22. The predicted molar refractivity (Wildman–Crippen MR) is 74.6 cm³/mol. The van der Waals surface area contributed by atoms with E-state index in [1.807, 2.05) is 0 Å². The van der Waals surface area contributed by atoms with E-state index >= 15 is 0 Å². The molecule has 20 heavy (non-hydrogen) atoms. The van der Waals surface area contributed by atoms with Gasteiger partial charge < -0.3 is 9.74 Å². The van der Waals surface area contributed by atoms with Crippen LogP contribution < -0.4 is 4.90 Å². The van der Waals surface area contributed by atoms with Crippen LogP contribution in [0.25, 0.3) is 6.08 Å². The topological polar surface area (TPSA) is 85.0 Å². The van der Waals surface area contributed by atoms with E-state index < -0.39 is 10.9 Å². The van der Waals surface area contributed by atoms with Gasteiger partial charge in [0.1, 0.15) is 5.69 Å². The van der Waals surface area contributed by atoms with Crippen LogP contribution in [0.3, 0.4) is 0 Å². The fourth-order valence-electron chi connectivity index (χ4n) is 1.84. The Morgan fingerprint density at radius 2 is 2.10 bits per heavy atom. The van der Waals surface area contributed by atoms with Crippen molar-refractivity contribution in [2.24, 2.45) is 5.16 Å². The van der Waals surface area contributed by atoms with Crippen molar-refractivity contribution in [2.75, 3.05) is 19.0 Å². The molecule has 1 aromatic rings. The molecule has 7 heteroatoms. The molecule has 0 aromatic heterocycles. The van der Waals surface area contributed by atoms with Crippen molar-refractivity contribution >= 4 is 29.1 Å². The summed E-state index contributed by atoms with van der Waals surface area (Å²) in [6.07, 6.45) is 1.53. The van der Waals surface area contributed by atoms with E-state index in [-0.39, 0.29) is 5.69 Å². The smallest absolute Gasteiger partial charge is 0.367 e. The number of carbonyl (C=O) groups is 1. The lowest BCUT2D eigenvalue weighted by molar-refractivity contribution is -0.384. The molecule has 1 aliphatic rings. The maximum Gasteiger partial charge on any atom is 0.367 e. The highest BCUT2D eigenvalue weighted by molar-refractivity contribution is 6.24. The highest BCUT2D eigenvalue weighted by atomic mass is 16.7. The molecule has 0 aliphatic carbocycles. The summed E-state index contributed by atoms with van der Waals surface area (Å²) in [5.41, 5.74) is 1.78. The van der Waals surface area contributed by atoms with Crippen molar-refractivity contribution in [3.05, 3.63) is 39.4 Å². The standard InChI is InChI=1S/C13H13N3O4/c1-8-10(13(17)20-14-8)6-9-4-5-11(15(2)3)12(7-9)16(18)19/h4-7H,1-3H3/b10-6-. The maximum absolute atomic E-state index is 11.4. The third-order valence-corrected chi connectivity index (χ3v) is 2.86. The maximum atomic E-state index is 11.4. The van der Waals surface area contributed by atoms with Gasteiger partial charge in [0.15, 0.2) is 0 Å². The molecular weight excluding hydrogens is 262 g/mol. The molecule has 0 radical (unpaired) electrons. The molecule has 2 rings (SSSR count). The number of rotatable bonds is 3. The fraction of sp³-hybridized carbons (Fsp3) is 0.231. The lowest BCUT2D eigenvalue weighted by atomic mass is 10.1. The molecule has 0 saturated heterocycles. The number of hydrogen-bond donors (Lipinski definition) is 0. The van der Waals surface area contributed by atoms with Gasteiger partial charge in [-0.2, -0.15) is 0 Å². The number of benzene rings is 1. The third-order valence-electron chi connectivity index (χ3n) is 2.86. The Balaban J connectivity index is 2.47. The minimum Gasteiger partial charge on any atom is -0.372 e. The summed E-state index contributed by atoms with van der Waals surface area (Å²) in [6, 6.07) is 4.76. The average molecular weight is 275 g/mol. The Kier molecular flexibility index (Phi) is 3.51. The molecule has 0 saturated carbocycles. The molecule has 0 fully saturated rings. The van der Waals surface area contributed by atoms with Gasteiger partial charge in [-0.3, -0.25) is 10.1 Å². The molecule has 0 atom stereocenters. The second-order valence-electron chi connectivity index (χ2n) is 4.51. The summed E-state index contributed by atoms with van der Waals surface area (Å²) in [5.74, 6) is -0.554. The Labute approximate surface area is 115 Å².